The lowest BCUT2D eigenvalue weighted by Gasteiger charge is -2.21. The van der Waals surface area contributed by atoms with Gasteiger partial charge in [-0.05, 0) is 23.6 Å². The highest BCUT2D eigenvalue weighted by molar-refractivity contribution is 6.35. The molecule has 1 amide bonds. The molecule has 2 N–H and O–H groups in total. The van der Waals surface area contributed by atoms with Crippen molar-refractivity contribution in [3.05, 3.63) is 28.2 Å². The Morgan fingerprint density at radius 3 is 2.47 bits per heavy atom. The van der Waals surface area contributed by atoms with Crippen molar-refractivity contribution in [2.45, 2.75) is 26.7 Å². The number of amides is 1. The first-order valence-corrected chi connectivity index (χ1v) is 6.42. The zero-order chi connectivity index (χ0) is 14.6. The van der Waals surface area contributed by atoms with E-state index < -0.39 is 11.4 Å². The van der Waals surface area contributed by atoms with Crippen LogP contribution in [0.2, 0.25) is 10.0 Å². The maximum Gasteiger partial charge on any atom is 0.303 e. The zero-order valence-corrected chi connectivity index (χ0v) is 12.2. The highest BCUT2D eigenvalue weighted by atomic mass is 35.5. The monoisotopic (exact) mass is 303 g/mol. The minimum Gasteiger partial charge on any atom is -0.481 e. The molecular formula is C13H15Cl2NO3. The van der Waals surface area contributed by atoms with Crippen molar-refractivity contribution in [2.75, 3.05) is 5.32 Å². The average molecular weight is 304 g/mol. The van der Waals surface area contributed by atoms with Crippen molar-refractivity contribution < 1.29 is 14.7 Å². The molecule has 1 rings (SSSR count). The molecule has 0 bridgehead atoms. The van der Waals surface area contributed by atoms with Crippen LogP contribution in [0.4, 0.5) is 5.69 Å². The van der Waals surface area contributed by atoms with Gasteiger partial charge in [-0.2, -0.15) is 0 Å². The molecule has 0 spiro atoms. The number of rotatable bonds is 5. The maximum absolute atomic E-state index is 11.9. The molecule has 0 atom stereocenters. The van der Waals surface area contributed by atoms with Crippen LogP contribution in [-0.2, 0) is 9.59 Å². The van der Waals surface area contributed by atoms with E-state index in [9.17, 15) is 9.59 Å². The Kier molecular flexibility index (Phi) is 5.20. The van der Waals surface area contributed by atoms with E-state index in [1.54, 1.807) is 32.0 Å². The summed E-state index contributed by atoms with van der Waals surface area (Å²) in [6.07, 6.45) is 0.00579. The number of halogens is 2. The van der Waals surface area contributed by atoms with Gasteiger partial charge < -0.3 is 10.4 Å². The smallest absolute Gasteiger partial charge is 0.303 e. The predicted molar refractivity (Wildman–Crippen MR) is 75.7 cm³/mol. The fourth-order valence-electron chi connectivity index (χ4n) is 1.69. The average Bonchev–Trinajstić information content (AvgIpc) is 2.20. The van der Waals surface area contributed by atoms with Crippen LogP contribution in [0, 0.1) is 5.41 Å². The van der Waals surface area contributed by atoms with Crippen LogP contribution in [-0.4, -0.2) is 17.0 Å². The van der Waals surface area contributed by atoms with Gasteiger partial charge in [0.15, 0.2) is 0 Å². The van der Waals surface area contributed by atoms with Gasteiger partial charge in [0.2, 0.25) is 5.91 Å². The number of nitrogens with one attached hydrogen (secondary N) is 1. The SMILES string of the molecule is CC(C)(CC(=O)O)CC(=O)Nc1cc(Cl)ccc1Cl. The highest BCUT2D eigenvalue weighted by Crippen LogP contribution is 2.28. The van der Waals surface area contributed by atoms with Gasteiger partial charge in [-0.15, -0.1) is 0 Å². The Bertz CT molecular complexity index is 501. The minimum absolute atomic E-state index is 0.0797. The van der Waals surface area contributed by atoms with E-state index in [-0.39, 0.29) is 18.7 Å². The molecule has 0 aliphatic rings. The van der Waals surface area contributed by atoms with Gasteiger partial charge in [0.05, 0.1) is 17.1 Å². The Labute approximate surface area is 121 Å². The lowest BCUT2D eigenvalue weighted by Crippen LogP contribution is -2.24. The first-order valence-electron chi connectivity index (χ1n) is 5.66. The van der Waals surface area contributed by atoms with E-state index in [2.05, 4.69) is 5.32 Å². The normalized spacial score (nSPS) is 11.2. The molecule has 0 aromatic heterocycles. The van der Waals surface area contributed by atoms with Crippen LogP contribution >= 0.6 is 23.2 Å². The van der Waals surface area contributed by atoms with E-state index in [4.69, 9.17) is 28.3 Å². The molecule has 1 aromatic carbocycles. The van der Waals surface area contributed by atoms with Gasteiger partial charge in [-0.25, -0.2) is 0 Å². The van der Waals surface area contributed by atoms with Gasteiger partial charge in [0, 0.05) is 11.4 Å². The third kappa shape index (κ3) is 5.49. The van der Waals surface area contributed by atoms with Crippen LogP contribution < -0.4 is 5.32 Å². The summed E-state index contributed by atoms with van der Waals surface area (Å²) < 4.78 is 0. The Balaban J connectivity index is 2.70. The summed E-state index contributed by atoms with van der Waals surface area (Å²) in [7, 11) is 0. The highest BCUT2D eigenvalue weighted by Gasteiger charge is 2.25. The number of hydrogen-bond donors (Lipinski definition) is 2. The summed E-state index contributed by atoms with van der Waals surface area (Å²) in [5.41, 5.74) is -0.202. The van der Waals surface area contributed by atoms with Gasteiger partial charge in [0.25, 0.3) is 0 Å². The minimum atomic E-state index is -0.932. The third-order valence-electron chi connectivity index (χ3n) is 2.47. The topological polar surface area (TPSA) is 66.4 Å². The lowest BCUT2D eigenvalue weighted by molar-refractivity contribution is -0.139. The largest absolute Gasteiger partial charge is 0.481 e. The zero-order valence-electron chi connectivity index (χ0n) is 10.7. The standard InChI is InChI=1S/C13H15Cl2NO3/c1-13(2,7-12(18)19)6-11(17)16-10-5-8(14)3-4-9(10)15/h3-5H,6-7H2,1-2H3,(H,16,17)(H,18,19). The lowest BCUT2D eigenvalue weighted by atomic mass is 9.85. The number of carboxylic acids is 1. The Hall–Kier alpha value is -1.26. The molecule has 1 aromatic rings. The fraction of sp³-hybridized carbons (Fsp3) is 0.385. The molecule has 0 radical (unpaired) electrons. The van der Waals surface area contributed by atoms with E-state index in [0.29, 0.717) is 15.7 Å². The van der Waals surface area contributed by atoms with Crippen molar-refractivity contribution >= 4 is 40.8 Å². The second-order valence-electron chi connectivity index (χ2n) is 5.08. The van der Waals surface area contributed by atoms with Crippen LogP contribution in [0.5, 0.6) is 0 Å². The van der Waals surface area contributed by atoms with Gasteiger partial charge in [-0.1, -0.05) is 37.0 Å². The summed E-state index contributed by atoms with van der Waals surface area (Å²) in [4.78, 5) is 22.6. The number of hydrogen-bond acceptors (Lipinski definition) is 2. The van der Waals surface area contributed by atoms with Gasteiger partial charge in [-0.3, -0.25) is 9.59 Å². The molecule has 104 valence electrons. The molecule has 19 heavy (non-hydrogen) atoms. The van der Waals surface area contributed by atoms with Gasteiger partial charge >= 0.3 is 5.97 Å². The molecule has 0 aliphatic heterocycles. The molecule has 0 heterocycles. The van der Waals surface area contributed by atoms with Crippen molar-refractivity contribution in [1.82, 2.24) is 0 Å². The van der Waals surface area contributed by atoms with Crippen LogP contribution in [0.15, 0.2) is 18.2 Å². The summed E-state index contributed by atoms with van der Waals surface area (Å²) in [6, 6.07) is 4.75. The molecule has 0 saturated heterocycles. The van der Waals surface area contributed by atoms with E-state index >= 15 is 0 Å². The number of anilines is 1. The van der Waals surface area contributed by atoms with Crippen molar-refractivity contribution in [2.24, 2.45) is 5.41 Å². The molecule has 0 saturated carbocycles. The second kappa shape index (κ2) is 6.26. The third-order valence-corrected chi connectivity index (χ3v) is 3.04. The molecule has 0 aliphatic carbocycles. The number of aliphatic carboxylic acids is 1. The molecular weight excluding hydrogens is 289 g/mol. The Morgan fingerprint density at radius 2 is 1.89 bits per heavy atom. The van der Waals surface area contributed by atoms with Crippen molar-refractivity contribution in [3.63, 3.8) is 0 Å². The summed E-state index contributed by atoms with van der Waals surface area (Å²) >= 11 is 11.7. The number of carbonyl (C=O) groups excluding carboxylic acids is 1. The van der Waals surface area contributed by atoms with Crippen LogP contribution in [0.3, 0.4) is 0 Å². The molecule has 4 nitrogen and oxygen atoms in total. The fourth-order valence-corrected chi connectivity index (χ4v) is 2.03. The number of benzene rings is 1. The number of carboxylic acid groups (broad SMARTS) is 1. The van der Waals surface area contributed by atoms with E-state index in [1.165, 1.54) is 0 Å². The summed E-state index contributed by atoms with van der Waals surface area (Å²) in [5, 5.41) is 12.2. The van der Waals surface area contributed by atoms with Crippen molar-refractivity contribution in [3.8, 4) is 0 Å². The second-order valence-corrected chi connectivity index (χ2v) is 5.93. The first kappa shape index (κ1) is 15.8. The molecule has 6 heteroatoms. The molecule has 0 fully saturated rings. The predicted octanol–water partition coefficient (Wildman–Crippen LogP) is 3.82. The van der Waals surface area contributed by atoms with Crippen LogP contribution in [0.1, 0.15) is 26.7 Å². The van der Waals surface area contributed by atoms with Crippen molar-refractivity contribution in [1.29, 1.82) is 0 Å². The number of carbonyl (C=O) groups is 2. The van der Waals surface area contributed by atoms with E-state index in [0.717, 1.165) is 0 Å². The van der Waals surface area contributed by atoms with Gasteiger partial charge in [0.1, 0.15) is 0 Å². The van der Waals surface area contributed by atoms with E-state index in [1.807, 2.05) is 0 Å². The first-order chi connectivity index (χ1) is 8.69. The molecule has 0 unspecified atom stereocenters. The maximum atomic E-state index is 11.9. The summed E-state index contributed by atoms with van der Waals surface area (Å²) in [6.45, 7) is 3.44. The Morgan fingerprint density at radius 1 is 1.26 bits per heavy atom. The summed E-state index contributed by atoms with van der Waals surface area (Å²) in [5.74, 6) is -1.23. The van der Waals surface area contributed by atoms with Crippen LogP contribution in [0.25, 0.3) is 0 Å². The quantitative estimate of drug-likeness (QED) is 0.869.